The zero-order valence-corrected chi connectivity index (χ0v) is 13.8. The fourth-order valence-electron chi connectivity index (χ4n) is 2.33. The van der Waals surface area contributed by atoms with Crippen LogP contribution < -0.4 is 10.9 Å². The van der Waals surface area contributed by atoms with Crippen LogP contribution >= 0.6 is 11.6 Å². The Morgan fingerprint density at radius 3 is 2.92 bits per heavy atom. The molecule has 0 spiro atoms. The molecule has 0 bridgehead atoms. The van der Waals surface area contributed by atoms with Crippen molar-refractivity contribution in [3.8, 4) is 6.07 Å². The van der Waals surface area contributed by atoms with E-state index in [9.17, 15) is 4.79 Å². The number of aromatic nitrogens is 4. The fraction of sp³-hybridized carbons (Fsp3) is 0.250. The number of halogens is 1. The molecule has 0 fully saturated rings. The van der Waals surface area contributed by atoms with Crippen LogP contribution in [-0.2, 0) is 13.0 Å². The van der Waals surface area contributed by atoms with Crippen molar-refractivity contribution in [2.45, 2.75) is 26.3 Å². The molecule has 0 aliphatic rings. The fourth-order valence-corrected chi connectivity index (χ4v) is 2.58. The topological polar surface area (TPSA) is 98.9 Å². The highest BCUT2D eigenvalue weighted by molar-refractivity contribution is 6.31. The van der Waals surface area contributed by atoms with Gasteiger partial charge in [-0.2, -0.15) is 14.8 Å². The van der Waals surface area contributed by atoms with Crippen LogP contribution in [0.15, 0.2) is 29.1 Å². The maximum Gasteiger partial charge on any atom is 0.274 e. The molecule has 1 aromatic carbocycles. The standard InChI is InChI=1S/C16H15ClN6O/c1-2-3-12-7-14(24)23-16(20-12)21-15(22-23)19-9-11-5-4-10(8-18)6-13(11)17/h4-7H,2-3,9H2,1H3,(H2,19,20,21,22). The van der Waals surface area contributed by atoms with Crippen molar-refractivity contribution in [2.24, 2.45) is 0 Å². The van der Waals surface area contributed by atoms with Gasteiger partial charge in [-0.05, 0) is 24.1 Å². The third kappa shape index (κ3) is 3.24. The summed E-state index contributed by atoms with van der Waals surface area (Å²) in [4.78, 5) is 20.7. The maximum atomic E-state index is 12.1. The minimum Gasteiger partial charge on any atom is -0.350 e. The molecule has 3 aromatic rings. The van der Waals surface area contributed by atoms with Gasteiger partial charge in [0, 0.05) is 17.6 Å². The van der Waals surface area contributed by atoms with Gasteiger partial charge in [-0.3, -0.25) is 9.89 Å². The number of hydrogen-bond donors (Lipinski definition) is 2. The molecule has 2 aromatic heterocycles. The summed E-state index contributed by atoms with van der Waals surface area (Å²) in [5, 5.41) is 15.3. The first-order valence-corrected chi connectivity index (χ1v) is 7.89. The average Bonchev–Trinajstić information content (AvgIpc) is 2.97. The van der Waals surface area contributed by atoms with Gasteiger partial charge in [0.15, 0.2) is 0 Å². The van der Waals surface area contributed by atoms with Crippen molar-refractivity contribution in [3.63, 3.8) is 0 Å². The van der Waals surface area contributed by atoms with Crippen LogP contribution in [0, 0.1) is 11.3 Å². The van der Waals surface area contributed by atoms with E-state index >= 15 is 0 Å². The Bertz CT molecular complexity index is 984. The van der Waals surface area contributed by atoms with E-state index in [0.29, 0.717) is 28.9 Å². The normalized spacial score (nSPS) is 10.7. The Kier molecular flexibility index (Phi) is 4.49. The van der Waals surface area contributed by atoms with E-state index in [4.69, 9.17) is 16.9 Å². The highest BCUT2D eigenvalue weighted by atomic mass is 35.5. The third-order valence-corrected chi connectivity index (χ3v) is 3.87. The lowest BCUT2D eigenvalue weighted by Crippen LogP contribution is -2.15. The number of nitriles is 1. The lowest BCUT2D eigenvalue weighted by molar-refractivity contribution is 0.837. The molecule has 0 saturated heterocycles. The molecule has 0 aliphatic heterocycles. The second kappa shape index (κ2) is 6.72. The molecule has 2 heterocycles. The zero-order chi connectivity index (χ0) is 17.1. The van der Waals surface area contributed by atoms with Gasteiger partial charge in [0.05, 0.1) is 17.3 Å². The average molecular weight is 343 g/mol. The summed E-state index contributed by atoms with van der Waals surface area (Å²) in [6, 6.07) is 8.64. The summed E-state index contributed by atoms with van der Waals surface area (Å²) in [6.45, 7) is 2.43. The molecule has 0 unspecified atom stereocenters. The lowest BCUT2D eigenvalue weighted by atomic mass is 10.1. The quantitative estimate of drug-likeness (QED) is 0.742. The van der Waals surface area contributed by atoms with Crippen LogP contribution in [0.1, 0.15) is 30.2 Å². The molecule has 24 heavy (non-hydrogen) atoms. The van der Waals surface area contributed by atoms with Crippen LogP contribution in [0.25, 0.3) is 5.78 Å². The summed E-state index contributed by atoms with van der Waals surface area (Å²) >= 11 is 6.14. The number of hydrogen-bond acceptors (Lipinski definition) is 5. The number of nitrogens with one attached hydrogen (secondary N) is 2. The lowest BCUT2D eigenvalue weighted by Gasteiger charge is -2.05. The van der Waals surface area contributed by atoms with Gasteiger partial charge < -0.3 is 5.32 Å². The van der Waals surface area contributed by atoms with E-state index in [1.807, 2.05) is 13.0 Å². The van der Waals surface area contributed by atoms with Crippen LogP contribution in [0.4, 0.5) is 5.95 Å². The number of fused-ring (bicyclic) bond motifs is 1. The SMILES string of the molecule is CCCc1cc(=O)n2[nH]c(NCc3ccc(C#N)cc3Cl)nc2n1. The molecule has 0 aliphatic carbocycles. The molecule has 0 saturated carbocycles. The summed E-state index contributed by atoms with van der Waals surface area (Å²) in [6.07, 6.45) is 1.65. The summed E-state index contributed by atoms with van der Waals surface area (Å²) in [5.41, 5.74) is 1.87. The molecular weight excluding hydrogens is 328 g/mol. The second-order valence-electron chi connectivity index (χ2n) is 5.31. The molecular formula is C16H15ClN6O. The predicted molar refractivity (Wildman–Crippen MR) is 91.1 cm³/mol. The molecule has 0 atom stereocenters. The first-order valence-electron chi connectivity index (χ1n) is 7.52. The van der Waals surface area contributed by atoms with Crippen molar-refractivity contribution in [2.75, 3.05) is 5.32 Å². The number of benzene rings is 1. The minimum absolute atomic E-state index is 0.194. The van der Waals surface area contributed by atoms with Gasteiger partial charge >= 0.3 is 0 Å². The van der Waals surface area contributed by atoms with Gasteiger partial charge in [0.1, 0.15) is 0 Å². The van der Waals surface area contributed by atoms with Gasteiger partial charge in [0.25, 0.3) is 11.3 Å². The highest BCUT2D eigenvalue weighted by Gasteiger charge is 2.08. The summed E-state index contributed by atoms with van der Waals surface area (Å²) in [5.74, 6) is 0.757. The monoisotopic (exact) mass is 342 g/mol. The van der Waals surface area contributed by atoms with E-state index in [-0.39, 0.29) is 5.56 Å². The van der Waals surface area contributed by atoms with E-state index < -0.39 is 0 Å². The molecule has 122 valence electrons. The number of nitrogens with zero attached hydrogens (tertiary/aromatic N) is 4. The smallest absolute Gasteiger partial charge is 0.274 e. The van der Waals surface area contributed by atoms with E-state index in [1.165, 1.54) is 10.6 Å². The Labute approximate surface area is 142 Å². The van der Waals surface area contributed by atoms with Crippen LogP contribution in [-0.4, -0.2) is 19.6 Å². The molecule has 0 radical (unpaired) electrons. The van der Waals surface area contributed by atoms with Crippen LogP contribution in [0.5, 0.6) is 0 Å². The third-order valence-electron chi connectivity index (χ3n) is 3.52. The van der Waals surface area contributed by atoms with Gasteiger partial charge in [-0.15, -0.1) is 0 Å². The molecule has 3 rings (SSSR count). The maximum absolute atomic E-state index is 12.1. The first-order chi connectivity index (χ1) is 11.6. The van der Waals surface area contributed by atoms with Crippen LogP contribution in [0.3, 0.4) is 0 Å². The van der Waals surface area contributed by atoms with Gasteiger partial charge in [-0.1, -0.05) is 31.0 Å². The van der Waals surface area contributed by atoms with E-state index in [1.54, 1.807) is 18.2 Å². The zero-order valence-electron chi connectivity index (χ0n) is 13.0. The van der Waals surface area contributed by atoms with Gasteiger partial charge in [0.2, 0.25) is 5.95 Å². The Balaban J connectivity index is 1.82. The number of H-pyrrole nitrogens is 1. The predicted octanol–water partition coefficient (Wildman–Crippen LogP) is 2.51. The van der Waals surface area contributed by atoms with Crippen molar-refractivity contribution < 1.29 is 0 Å². The second-order valence-corrected chi connectivity index (χ2v) is 5.72. The highest BCUT2D eigenvalue weighted by Crippen LogP contribution is 2.18. The van der Waals surface area contributed by atoms with Crippen LogP contribution in [0.2, 0.25) is 5.02 Å². The van der Waals surface area contributed by atoms with Crippen molar-refractivity contribution >= 4 is 23.3 Å². The Morgan fingerprint density at radius 2 is 2.21 bits per heavy atom. The molecule has 0 amide bonds. The summed E-state index contributed by atoms with van der Waals surface area (Å²) in [7, 11) is 0. The molecule has 2 N–H and O–H groups in total. The largest absolute Gasteiger partial charge is 0.350 e. The van der Waals surface area contributed by atoms with Crippen molar-refractivity contribution in [3.05, 3.63) is 56.5 Å². The summed E-state index contributed by atoms with van der Waals surface area (Å²) < 4.78 is 1.29. The first kappa shape index (κ1) is 16.0. The minimum atomic E-state index is -0.194. The number of aryl methyl sites for hydroxylation is 1. The Hall–Kier alpha value is -2.85. The van der Waals surface area contributed by atoms with Crippen molar-refractivity contribution in [1.29, 1.82) is 5.26 Å². The van der Waals surface area contributed by atoms with E-state index in [2.05, 4.69) is 20.4 Å². The molecule has 7 nitrogen and oxygen atoms in total. The number of aromatic amines is 1. The number of rotatable bonds is 5. The van der Waals surface area contributed by atoms with Gasteiger partial charge in [-0.25, -0.2) is 4.98 Å². The van der Waals surface area contributed by atoms with E-state index in [0.717, 1.165) is 24.1 Å². The Morgan fingerprint density at radius 1 is 1.38 bits per heavy atom. The van der Waals surface area contributed by atoms with Crippen molar-refractivity contribution in [1.82, 2.24) is 19.6 Å². The molecule has 8 heteroatoms. The number of anilines is 1.